The van der Waals surface area contributed by atoms with Crippen LogP contribution in [0.5, 0.6) is 5.75 Å². The summed E-state index contributed by atoms with van der Waals surface area (Å²) in [6, 6.07) is 0. The van der Waals surface area contributed by atoms with Gasteiger partial charge >= 0.3 is 0 Å². The summed E-state index contributed by atoms with van der Waals surface area (Å²) in [6.45, 7) is 3.74. The van der Waals surface area contributed by atoms with Gasteiger partial charge < -0.3 is 10.2 Å². The van der Waals surface area contributed by atoms with E-state index in [0.29, 0.717) is 11.3 Å². The number of pyridine rings is 1. The average Bonchev–Trinajstić information content (AvgIpc) is 2.24. The van der Waals surface area contributed by atoms with E-state index in [-0.39, 0.29) is 12.4 Å². The van der Waals surface area contributed by atoms with Crippen molar-refractivity contribution in [1.82, 2.24) is 4.98 Å². The smallest absolute Gasteiger partial charge is 0.142 e. The summed E-state index contributed by atoms with van der Waals surface area (Å²) >= 11 is 1.79. The Morgan fingerprint density at radius 3 is 2.80 bits per heavy atom. The molecule has 0 bridgehead atoms. The molecular weight excluding hydrogens is 210 g/mol. The highest BCUT2D eigenvalue weighted by Crippen LogP contribution is 2.26. The monoisotopic (exact) mass is 227 g/mol. The van der Waals surface area contributed by atoms with Gasteiger partial charge in [0.1, 0.15) is 5.75 Å². The third-order valence-electron chi connectivity index (χ3n) is 2.19. The topological polar surface area (TPSA) is 53.4 Å². The van der Waals surface area contributed by atoms with Gasteiger partial charge in [-0.1, -0.05) is 6.92 Å². The molecule has 1 heterocycles. The van der Waals surface area contributed by atoms with Gasteiger partial charge in [0.2, 0.25) is 0 Å². The Bertz CT molecular complexity index is 329. The molecule has 0 unspecified atom stereocenters. The summed E-state index contributed by atoms with van der Waals surface area (Å²) in [4.78, 5) is 4.09. The first-order chi connectivity index (χ1) is 7.20. The lowest BCUT2D eigenvalue weighted by atomic mass is 10.1. The third-order valence-corrected chi connectivity index (χ3v) is 3.41. The van der Waals surface area contributed by atoms with Gasteiger partial charge in [0.25, 0.3) is 0 Å². The van der Waals surface area contributed by atoms with Crippen molar-refractivity contribution in [2.24, 2.45) is 0 Å². The van der Waals surface area contributed by atoms with Crippen LogP contribution in [0.2, 0.25) is 0 Å². The molecule has 1 rings (SSSR count). The summed E-state index contributed by atoms with van der Waals surface area (Å²) in [7, 11) is 0. The van der Waals surface area contributed by atoms with E-state index in [1.165, 1.54) is 0 Å². The van der Waals surface area contributed by atoms with Gasteiger partial charge in [-0.3, -0.25) is 4.98 Å². The second kappa shape index (κ2) is 5.98. The Hall–Kier alpha value is -0.740. The number of nitrogens with zero attached hydrogens (tertiary/aromatic N) is 1. The van der Waals surface area contributed by atoms with Crippen molar-refractivity contribution in [1.29, 1.82) is 0 Å². The van der Waals surface area contributed by atoms with Crippen LogP contribution in [-0.2, 0) is 12.4 Å². The van der Waals surface area contributed by atoms with Crippen molar-refractivity contribution < 1.29 is 10.2 Å². The van der Waals surface area contributed by atoms with Crippen molar-refractivity contribution in [3.05, 3.63) is 23.0 Å². The maximum Gasteiger partial charge on any atom is 0.142 e. The number of aromatic nitrogens is 1. The number of aliphatic hydroxyl groups excluding tert-OH is 1. The molecule has 0 saturated heterocycles. The van der Waals surface area contributed by atoms with Crippen LogP contribution in [0.3, 0.4) is 0 Å². The van der Waals surface area contributed by atoms with Gasteiger partial charge in [0, 0.05) is 17.5 Å². The van der Waals surface area contributed by atoms with Gasteiger partial charge in [-0.15, -0.1) is 0 Å². The molecule has 0 aliphatic heterocycles. The summed E-state index contributed by atoms with van der Waals surface area (Å²) < 4.78 is 0. The molecule has 2 N–H and O–H groups in total. The van der Waals surface area contributed by atoms with Crippen molar-refractivity contribution in [2.75, 3.05) is 5.75 Å². The number of thioether (sulfide) groups is 1. The molecule has 0 aliphatic rings. The van der Waals surface area contributed by atoms with E-state index in [1.807, 2.05) is 0 Å². The van der Waals surface area contributed by atoms with Crippen LogP contribution in [0.4, 0.5) is 0 Å². The number of hydrogen-bond acceptors (Lipinski definition) is 4. The predicted molar refractivity (Wildman–Crippen MR) is 63.0 cm³/mol. The highest BCUT2D eigenvalue weighted by Gasteiger charge is 2.10. The molecule has 84 valence electrons. The summed E-state index contributed by atoms with van der Waals surface area (Å²) in [5.41, 5.74) is 2.12. The van der Waals surface area contributed by atoms with Gasteiger partial charge in [-0.05, 0) is 24.7 Å². The molecule has 1 aromatic heterocycles. The number of aromatic hydroxyl groups is 1. The SMILES string of the molecule is CCCSCc1cnc(C)c(O)c1CO. The fourth-order valence-corrected chi connectivity index (χ4v) is 2.21. The Labute approximate surface area is 94.6 Å². The lowest BCUT2D eigenvalue weighted by Crippen LogP contribution is -1.97. The Balaban J connectivity index is 2.83. The lowest BCUT2D eigenvalue weighted by Gasteiger charge is -2.10. The number of hydrogen-bond donors (Lipinski definition) is 2. The Morgan fingerprint density at radius 2 is 2.20 bits per heavy atom. The lowest BCUT2D eigenvalue weighted by molar-refractivity contribution is 0.274. The molecule has 0 amide bonds. The first kappa shape index (κ1) is 12.3. The van der Waals surface area contributed by atoms with Crippen LogP contribution in [-0.4, -0.2) is 20.9 Å². The number of aliphatic hydroxyl groups is 1. The van der Waals surface area contributed by atoms with Crippen molar-refractivity contribution in [3.8, 4) is 5.75 Å². The molecule has 0 aromatic carbocycles. The zero-order valence-corrected chi connectivity index (χ0v) is 9.97. The molecule has 1 aromatic rings. The molecule has 4 heteroatoms. The van der Waals surface area contributed by atoms with E-state index in [4.69, 9.17) is 0 Å². The first-order valence-electron chi connectivity index (χ1n) is 5.05. The van der Waals surface area contributed by atoms with E-state index in [0.717, 1.165) is 23.5 Å². The molecule has 0 fully saturated rings. The van der Waals surface area contributed by atoms with E-state index in [9.17, 15) is 10.2 Å². The maximum atomic E-state index is 9.70. The van der Waals surface area contributed by atoms with E-state index >= 15 is 0 Å². The van der Waals surface area contributed by atoms with Crippen LogP contribution < -0.4 is 0 Å². The second-order valence-corrected chi connectivity index (χ2v) is 4.51. The number of rotatable bonds is 5. The van der Waals surface area contributed by atoms with Crippen molar-refractivity contribution in [3.63, 3.8) is 0 Å². The van der Waals surface area contributed by atoms with Crippen LogP contribution in [0.1, 0.15) is 30.2 Å². The van der Waals surface area contributed by atoms with Gasteiger partial charge in [0.15, 0.2) is 0 Å². The van der Waals surface area contributed by atoms with Crippen LogP contribution in [0.25, 0.3) is 0 Å². The van der Waals surface area contributed by atoms with E-state index < -0.39 is 0 Å². The molecule has 15 heavy (non-hydrogen) atoms. The van der Waals surface area contributed by atoms with E-state index in [2.05, 4.69) is 11.9 Å². The molecule has 0 radical (unpaired) electrons. The molecular formula is C11H17NO2S. The minimum Gasteiger partial charge on any atom is -0.506 e. The largest absolute Gasteiger partial charge is 0.506 e. The molecule has 0 aliphatic carbocycles. The third kappa shape index (κ3) is 3.11. The van der Waals surface area contributed by atoms with Gasteiger partial charge in [-0.2, -0.15) is 11.8 Å². The van der Waals surface area contributed by atoms with Crippen molar-refractivity contribution in [2.45, 2.75) is 32.6 Å². The summed E-state index contributed by atoms with van der Waals surface area (Å²) in [5, 5.41) is 18.9. The van der Waals surface area contributed by atoms with Gasteiger partial charge in [0.05, 0.1) is 12.3 Å². The molecule has 0 atom stereocenters. The van der Waals surface area contributed by atoms with Crippen LogP contribution in [0, 0.1) is 6.92 Å². The molecule has 3 nitrogen and oxygen atoms in total. The zero-order chi connectivity index (χ0) is 11.3. The fraction of sp³-hybridized carbons (Fsp3) is 0.545. The minimum atomic E-state index is -0.128. The first-order valence-corrected chi connectivity index (χ1v) is 6.21. The zero-order valence-electron chi connectivity index (χ0n) is 9.16. The van der Waals surface area contributed by atoms with E-state index in [1.54, 1.807) is 24.9 Å². The van der Waals surface area contributed by atoms with Crippen molar-refractivity contribution >= 4 is 11.8 Å². The standard InChI is InChI=1S/C11H17NO2S/c1-3-4-15-7-9-5-12-8(2)11(14)10(9)6-13/h5,13-14H,3-4,6-7H2,1-2H3. The predicted octanol–water partition coefficient (Wildman–Crippen LogP) is 2.23. The maximum absolute atomic E-state index is 9.70. The Kier molecular flexibility index (Phi) is 4.91. The van der Waals surface area contributed by atoms with Gasteiger partial charge in [-0.25, -0.2) is 0 Å². The summed E-state index contributed by atoms with van der Waals surface area (Å²) in [6.07, 6.45) is 2.87. The Morgan fingerprint density at radius 1 is 1.47 bits per heavy atom. The second-order valence-electron chi connectivity index (χ2n) is 3.41. The van der Waals surface area contributed by atoms with Crippen LogP contribution >= 0.6 is 11.8 Å². The average molecular weight is 227 g/mol. The molecule has 0 spiro atoms. The van der Waals surface area contributed by atoms with Crippen LogP contribution in [0.15, 0.2) is 6.20 Å². The highest BCUT2D eigenvalue weighted by atomic mass is 32.2. The minimum absolute atomic E-state index is 0.128. The quantitative estimate of drug-likeness (QED) is 0.757. The molecule has 0 saturated carbocycles. The normalized spacial score (nSPS) is 10.6. The number of aryl methyl sites for hydroxylation is 1. The highest BCUT2D eigenvalue weighted by molar-refractivity contribution is 7.98. The summed E-state index contributed by atoms with van der Waals surface area (Å²) in [5.74, 6) is 2.01. The fourth-order valence-electron chi connectivity index (χ4n) is 1.31.